The standard InChI is InChI=1S/C19H30N2O/c1-15-10-18(20-12-17-8-5-9-19(22)11-17)14-21(15)13-16-6-3-2-4-7-16/h2-4,6-7,15,17-20,22H,5,8-14H2,1H3. The van der Waals surface area contributed by atoms with Crippen molar-refractivity contribution >= 4 is 0 Å². The number of hydrogen-bond donors (Lipinski definition) is 2. The van der Waals surface area contributed by atoms with E-state index in [1.54, 1.807) is 0 Å². The zero-order valence-electron chi connectivity index (χ0n) is 13.7. The van der Waals surface area contributed by atoms with Crippen LogP contribution in [0.5, 0.6) is 0 Å². The maximum absolute atomic E-state index is 9.78. The van der Waals surface area contributed by atoms with Gasteiger partial charge in [0.25, 0.3) is 0 Å². The highest BCUT2D eigenvalue weighted by molar-refractivity contribution is 5.15. The van der Waals surface area contributed by atoms with E-state index in [4.69, 9.17) is 0 Å². The number of nitrogens with one attached hydrogen (secondary N) is 1. The minimum Gasteiger partial charge on any atom is -0.393 e. The molecular formula is C19H30N2O. The number of aliphatic hydroxyl groups is 1. The van der Waals surface area contributed by atoms with Gasteiger partial charge >= 0.3 is 0 Å². The first-order valence-electron chi connectivity index (χ1n) is 8.90. The second-order valence-electron chi connectivity index (χ2n) is 7.29. The summed E-state index contributed by atoms with van der Waals surface area (Å²) < 4.78 is 0. The van der Waals surface area contributed by atoms with E-state index in [0.29, 0.717) is 18.0 Å². The lowest BCUT2D eigenvalue weighted by atomic mass is 9.87. The monoisotopic (exact) mass is 302 g/mol. The molecule has 1 aromatic rings. The van der Waals surface area contributed by atoms with Crippen LogP contribution in [0.2, 0.25) is 0 Å². The molecule has 0 spiro atoms. The summed E-state index contributed by atoms with van der Waals surface area (Å²) in [5, 5.41) is 13.5. The molecule has 22 heavy (non-hydrogen) atoms. The highest BCUT2D eigenvalue weighted by atomic mass is 16.3. The van der Waals surface area contributed by atoms with Crippen LogP contribution in [0.4, 0.5) is 0 Å². The molecule has 4 unspecified atom stereocenters. The summed E-state index contributed by atoms with van der Waals surface area (Å²) in [4.78, 5) is 2.59. The summed E-state index contributed by atoms with van der Waals surface area (Å²) in [5.74, 6) is 0.669. The lowest BCUT2D eigenvalue weighted by Gasteiger charge is -2.27. The minimum atomic E-state index is -0.0577. The van der Waals surface area contributed by atoms with Gasteiger partial charge < -0.3 is 10.4 Å². The summed E-state index contributed by atoms with van der Waals surface area (Å²) in [5.41, 5.74) is 1.41. The lowest BCUT2D eigenvalue weighted by molar-refractivity contribution is 0.0996. The third kappa shape index (κ3) is 4.31. The molecule has 1 saturated heterocycles. The van der Waals surface area contributed by atoms with Gasteiger partial charge in [-0.05, 0) is 50.6 Å². The molecule has 1 aliphatic carbocycles. The highest BCUT2D eigenvalue weighted by Crippen LogP contribution is 2.25. The molecule has 0 aromatic heterocycles. The number of aliphatic hydroxyl groups excluding tert-OH is 1. The smallest absolute Gasteiger partial charge is 0.0543 e. The molecule has 2 fully saturated rings. The summed E-state index contributed by atoms with van der Waals surface area (Å²) in [6.45, 7) is 5.62. The number of likely N-dealkylation sites (tertiary alicyclic amines) is 1. The molecule has 0 amide bonds. The summed E-state index contributed by atoms with van der Waals surface area (Å²) in [6.07, 6.45) is 5.64. The van der Waals surface area contributed by atoms with E-state index in [1.807, 2.05) is 0 Å². The van der Waals surface area contributed by atoms with Gasteiger partial charge in [-0.15, -0.1) is 0 Å². The lowest BCUT2D eigenvalue weighted by Crippen LogP contribution is -2.37. The first-order valence-corrected chi connectivity index (χ1v) is 8.90. The van der Waals surface area contributed by atoms with E-state index >= 15 is 0 Å². The molecule has 3 rings (SSSR count). The van der Waals surface area contributed by atoms with Crippen LogP contribution < -0.4 is 5.32 Å². The van der Waals surface area contributed by atoms with Crippen molar-refractivity contribution in [3.63, 3.8) is 0 Å². The molecule has 0 radical (unpaired) electrons. The SMILES string of the molecule is CC1CC(NCC2CCCC(O)C2)CN1Cc1ccccc1. The molecule has 1 aromatic carbocycles. The zero-order chi connectivity index (χ0) is 15.4. The quantitative estimate of drug-likeness (QED) is 0.878. The van der Waals surface area contributed by atoms with Crippen molar-refractivity contribution in [1.29, 1.82) is 0 Å². The Balaban J connectivity index is 1.44. The minimum absolute atomic E-state index is 0.0577. The Bertz CT molecular complexity index is 450. The molecule has 0 bridgehead atoms. The van der Waals surface area contributed by atoms with Gasteiger partial charge in [-0.3, -0.25) is 4.90 Å². The van der Waals surface area contributed by atoms with E-state index < -0.39 is 0 Å². The van der Waals surface area contributed by atoms with Crippen LogP contribution in [0.1, 0.15) is 44.6 Å². The first-order chi connectivity index (χ1) is 10.7. The Morgan fingerprint density at radius 2 is 2.00 bits per heavy atom. The molecule has 2 N–H and O–H groups in total. The summed E-state index contributed by atoms with van der Waals surface area (Å²) in [7, 11) is 0. The van der Waals surface area contributed by atoms with Crippen LogP contribution in [0, 0.1) is 5.92 Å². The van der Waals surface area contributed by atoms with Gasteiger partial charge in [0.2, 0.25) is 0 Å². The average molecular weight is 302 g/mol. The largest absolute Gasteiger partial charge is 0.393 e. The maximum atomic E-state index is 9.78. The molecule has 1 heterocycles. The van der Waals surface area contributed by atoms with Crippen LogP contribution in [-0.2, 0) is 6.54 Å². The maximum Gasteiger partial charge on any atom is 0.0543 e. The van der Waals surface area contributed by atoms with Crippen molar-refractivity contribution in [1.82, 2.24) is 10.2 Å². The van der Waals surface area contributed by atoms with Crippen molar-refractivity contribution in [2.45, 2.75) is 63.8 Å². The van der Waals surface area contributed by atoms with Crippen LogP contribution >= 0.6 is 0 Å². The van der Waals surface area contributed by atoms with Gasteiger partial charge in [0.15, 0.2) is 0 Å². The third-order valence-corrected chi connectivity index (χ3v) is 5.38. The van der Waals surface area contributed by atoms with E-state index in [1.165, 1.54) is 24.8 Å². The van der Waals surface area contributed by atoms with E-state index in [0.717, 1.165) is 32.5 Å². The van der Waals surface area contributed by atoms with Gasteiger partial charge in [-0.1, -0.05) is 36.8 Å². The van der Waals surface area contributed by atoms with Gasteiger partial charge in [0, 0.05) is 25.2 Å². The van der Waals surface area contributed by atoms with Crippen molar-refractivity contribution in [3.8, 4) is 0 Å². The van der Waals surface area contributed by atoms with Crippen LogP contribution in [0.25, 0.3) is 0 Å². The zero-order valence-corrected chi connectivity index (χ0v) is 13.7. The fourth-order valence-corrected chi connectivity index (χ4v) is 4.07. The van der Waals surface area contributed by atoms with Gasteiger partial charge in [-0.2, -0.15) is 0 Å². The molecule has 2 aliphatic rings. The van der Waals surface area contributed by atoms with Crippen LogP contribution in [0.3, 0.4) is 0 Å². The van der Waals surface area contributed by atoms with Gasteiger partial charge in [0.1, 0.15) is 0 Å². The second-order valence-corrected chi connectivity index (χ2v) is 7.29. The number of nitrogens with zero attached hydrogens (tertiary/aromatic N) is 1. The topological polar surface area (TPSA) is 35.5 Å². The summed E-state index contributed by atoms with van der Waals surface area (Å²) in [6, 6.07) is 12.0. The normalized spacial score (nSPS) is 33.2. The van der Waals surface area contributed by atoms with Crippen molar-refractivity contribution < 1.29 is 5.11 Å². The Kier molecular flexibility index (Phi) is 5.51. The highest BCUT2D eigenvalue weighted by Gasteiger charge is 2.29. The average Bonchev–Trinajstić information content (AvgIpc) is 2.87. The van der Waals surface area contributed by atoms with Crippen LogP contribution in [-0.4, -0.2) is 41.3 Å². The first kappa shape index (κ1) is 16.0. The van der Waals surface area contributed by atoms with Crippen molar-refractivity contribution in [2.24, 2.45) is 5.92 Å². The number of rotatable bonds is 5. The Labute approximate surface area is 134 Å². The molecule has 1 saturated carbocycles. The molecule has 4 atom stereocenters. The Hall–Kier alpha value is -0.900. The van der Waals surface area contributed by atoms with E-state index in [2.05, 4.69) is 47.5 Å². The van der Waals surface area contributed by atoms with E-state index in [9.17, 15) is 5.11 Å². The van der Waals surface area contributed by atoms with Gasteiger partial charge in [0.05, 0.1) is 6.10 Å². The number of benzene rings is 1. The number of hydrogen-bond acceptors (Lipinski definition) is 3. The molecule has 3 nitrogen and oxygen atoms in total. The second kappa shape index (κ2) is 7.58. The predicted octanol–water partition coefficient (Wildman–Crippen LogP) is 2.79. The molecule has 3 heteroatoms. The van der Waals surface area contributed by atoms with Gasteiger partial charge in [-0.25, -0.2) is 0 Å². The molecule has 1 aliphatic heterocycles. The fraction of sp³-hybridized carbons (Fsp3) is 0.684. The molecular weight excluding hydrogens is 272 g/mol. The Morgan fingerprint density at radius 3 is 2.77 bits per heavy atom. The predicted molar refractivity (Wildman–Crippen MR) is 90.7 cm³/mol. The molecule has 122 valence electrons. The van der Waals surface area contributed by atoms with Crippen molar-refractivity contribution in [2.75, 3.05) is 13.1 Å². The van der Waals surface area contributed by atoms with Crippen LogP contribution in [0.15, 0.2) is 30.3 Å². The van der Waals surface area contributed by atoms with E-state index in [-0.39, 0.29) is 6.10 Å². The fourth-order valence-electron chi connectivity index (χ4n) is 4.07. The summed E-state index contributed by atoms with van der Waals surface area (Å²) >= 11 is 0. The Morgan fingerprint density at radius 1 is 1.18 bits per heavy atom. The third-order valence-electron chi connectivity index (χ3n) is 5.38. The van der Waals surface area contributed by atoms with Crippen molar-refractivity contribution in [3.05, 3.63) is 35.9 Å².